The molecule has 0 amide bonds. The standard InChI is InChI=1S/C9H16O/c1-5-7-10-9(6-2)8(3)4/h6H,2,5,7H2,1,3-4H3. The molecule has 0 rings (SSSR count). The molecule has 0 saturated heterocycles. The first-order valence-electron chi connectivity index (χ1n) is 3.65. The minimum absolute atomic E-state index is 0.784. The lowest BCUT2D eigenvalue weighted by molar-refractivity contribution is 0.222. The van der Waals surface area contributed by atoms with Crippen molar-refractivity contribution in [3.8, 4) is 0 Å². The van der Waals surface area contributed by atoms with Gasteiger partial charge in [-0.05, 0) is 31.9 Å². The number of allylic oxidation sites excluding steroid dienone is 2. The van der Waals surface area contributed by atoms with Crippen LogP contribution in [0, 0.1) is 0 Å². The molecule has 1 heteroatoms. The quantitative estimate of drug-likeness (QED) is 0.431. The van der Waals surface area contributed by atoms with Crippen LogP contribution in [-0.2, 0) is 4.74 Å². The minimum atomic E-state index is 0.784. The summed E-state index contributed by atoms with van der Waals surface area (Å²) < 4.78 is 5.36. The van der Waals surface area contributed by atoms with Crippen molar-refractivity contribution >= 4 is 0 Å². The molecule has 58 valence electrons. The van der Waals surface area contributed by atoms with Gasteiger partial charge in [-0.1, -0.05) is 13.5 Å². The molecule has 0 aliphatic rings. The van der Waals surface area contributed by atoms with Gasteiger partial charge in [0.1, 0.15) is 5.76 Å². The van der Waals surface area contributed by atoms with E-state index in [0.717, 1.165) is 18.8 Å². The van der Waals surface area contributed by atoms with Crippen molar-refractivity contribution in [2.45, 2.75) is 27.2 Å². The molecule has 0 aromatic heterocycles. The zero-order valence-electron chi connectivity index (χ0n) is 7.11. The third kappa shape index (κ3) is 3.33. The molecule has 0 aromatic rings. The summed E-state index contributed by atoms with van der Waals surface area (Å²) in [6.07, 6.45) is 2.80. The number of hydrogen-bond acceptors (Lipinski definition) is 1. The van der Waals surface area contributed by atoms with Crippen molar-refractivity contribution < 1.29 is 4.74 Å². The van der Waals surface area contributed by atoms with E-state index >= 15 is 0 Å². The van der Waals surface area contributed by atoms with E-state index in [-0.39, 0.29) is 0 Å². The fourth-order valence-corrected chi connectivity index (χ4v) is 0.619. The van der Waals surface area contributed by atoms with E-state index in [1.807, 2.05) is 13.8 Å². The Labute approximate surface area is 63.4 Å². The summed E-state index contributed by atoms with van der Waals surface area (Å²) in [5.74, 6) is 0.918. The third-order valence-corrected chi connectivity index (χ3v) is 1.14. The Morgan fingerprint density at radius 1 is 1.50 bits per heavy atom. The van der Waals surface area contributed by atoms with Gasteiger partial charge in [0.15, 0.2) is 0 Å². The van der Waals surface area contributed by atoms with Crippen LogP contribution in [-0.4, -0.2) is 6.61 Å². The summed E-state index contributed by atoms with van der Waals surface area (Å²) in [5, 5.41) is 0. The molecular formula is C9H16O. The lowest BCUT2D eigenvalue weighted by Crippen LogP contribution is -1.92. The molecule has 0 aliphatic heterocycles. The topological polar surface area (TPSA) is 9.23 Å². The molecule has 0 aliphatic carbocycles. The van der Waals surface area contributed by atoms with Crippen molar-refractivity contribution in [1.29, 1.82) is 0 Å². The molecule has 0 aromatic carbocycles. The summed E-state index contributed by atoms with van der Waals surface area (Å²) in [7, 11) is 0. The zero-order chi connectivity index (χ0) is 7.98. The summed E-state index contributed by atoms with van der Waals surface area (Å²) in [6.45, 7) is 10.6. The van der Waals surface area contributed by atoms with Crippen molar-refractivity contribution in [2.24, 2.45) is 0 Å². The van der Waals surface area contributed by atoms with Crippen molar-refractivity contribution in [3.63, 3.8) is 0 Å². The summed E-state index contributed by atoms with van der Waals surface area (Å²) in [4.78, 5) is 0. The van der Waals surface area contributed by atoms with E-state index in [0.29, 0.717) is 0 Å². The van der Waals surface area contributed by atoms with E-state index in [9.17, 15) is 0 Å². The van der Waals surface area contributed by atoms with Crippen LogP contribution in [0.15, 0.2) is 24.0 Å². The molecule has 10 heavy (non-hydrogen) atoms. The van der Waals surface area contributed by atoms with E-state index in [4.69, 9.17) is 4.74 Å². The Morgan fingerprint density at radius 3 is 2.40 bits per heavy atom. The maximum atomic E-state index is 5.36. The number of hydrogen-bond donors (Lipinski definition) is 0. The number of rotatable bonds is 4. The molecule has 0 bridgehead atoms. The highest BCUT2D eigenvalue weighted by Gasteiger charge is 1.92. The van der Waals surface area contributed by atoms with Gasteiger partial charge >= 0.3 is 0 Å². The second kappa shape index (κ2) is 5.10. The van der Waals surface area contributed by atoms with Crippen LogP contribution in [0.5, 0.6) is 0 Å². The van der Waals surface area contributed by atoms with Gasteiger partial charge in [0.05, 0.1) is 6.61 Å². The molecule has 0 unspecified atom stereocenters. The van der Waals surface area contributed by atoms with Gasteiger partial charge < -0.3 is 4.74 Å². The Hall–Kier alpha value is -0.720. The monoisotopic (exact) mass is 140 g/mol. The molecule has 0 saturated carbocycles. The molecule has 0 heterocycles. The van der Waals surface area contributed by atoms with Crippen LogP contribution >= 0.6 is 0 Å². The van der Waals surface area contributed by atoms with E-state index in [1.54, 1.807) is 6.08 Å². The minimum Gasteiger partial charge on any atom is -0.494 e. The van der Waals surface area contributed by atoms with E-state index in [1.165, 1.54) is 5.57 Å². The second-order valence-corrected chi connectivity index (χ2v) is 2.42. The van der Waals surface area contributed by atoms with Crippen molar-refractivity contribution in [3.05, 3.63) is 24.0 Å². The third-order valence-electron chi connectivity index (χ3n) is 1.14. The Kier molecular flexibility index (Phi) is 4.73. The molecule has 0 atom stereocenters. The fourth-order valence-electron chi connectivity index (χ4n) is 0.619. The van der Waals surface area contributed by atoms with Crippen LogP contribution in [0.2, 0.25) is 0 Å². The molecule has 0 spiro atoms. The van der Waals surface area contributed by atoms with Crippen LogP contribution in [0.3, 0.4) is 0 Å². The van der Waals surface area contributed by atoms with Gasteiger partial charge in [-0.25, -0.2) is 0 Å². The highest BCUT2D eigenvalue weighted by atomic mass is 16.5. The largest absolute Gasteiger partial charge is 0.494 e. The van der Waals surface area contributed by atoms with Crippen LogP contribution in [0.25, 0.3) is 0 Å². The molecule has 0 N–H and O–H groups in total. The van der Waals surface area contributed by atoms with Gasteiger partial charge in [-0.15, -0.1) is 0 Å². The summed E-state index contributed by atoms with van der Waals surface area (Å²) >= 11 is 0. The first kappa shape index (κ1) is 9.28. The highest BCUT2D eigenvalue weighted by molar-refractivity contribution is 5.14. The smallest absolute Gasteiger partial charge is 0.117 e. The van der Waals surface area contributed by atoms with Gasteiger partial charge in [0.2, 0.25) is 0 Å². The molecule has 0 fully saturated rings. The summed E-state index contributed by atoms with van der Waals surface area (Å²) in [5.41, 5.74) is 1.18. The molecule has 0 radical (unpaired) electrons. The zero-order valence-corrected chi connectivity index (χ0v) is 7.11. The van der Waals surface area contributed by atoms with Crippen molar-refractivity contribution in [1.82, 2.24) is 0 Å². The first-order chi connectivity index (χ1) is 4.72. The van der Waals surface area contributed by atoms with Gasteiger partial charge in [0.25, 0.3) is 0 Å². The Balaban J connectivity index is 3.85. The Bertz CT molecular complexity index is 130. The Morgan fingerprint density at radius 2 is 2.10 bits per heavy atom. The van der Waals surface area contributed by atoms with Gasteiger partial charge in [-0.2, -0.15) is 0 Å². The molecule has 1 nitrogen and oxygen atoms in total. The highest BCUT2D eigenvalue weighted by Crippen LogP contribution is 2.05. The van der Waals surface area contributed by atoms with Crippen LogP contribution in [0.4, 0.5) is 0 Å². The fraction of sp³-hybridized carbons (Fsp3) is 0.556. The maximum Gasteiger partial charge on any atom is 0.117 e. The predicted octanol–water partition coefficient (Wildman–Crippen LogP) is 2.89. The maximum absolute atomic E-state index is 5.36. The SMILES string of the molecule is C=CC(OCCC)=C(C)C. The average molecular weight is 140 g/mol. The predicted molar refractivity (Wildman–Crippen MR) is 44.8 cm³/mol. The first-order valence-corrected chi connectivity index (χ1v) is 3.65. The lowest BCUT2D eigenvalue weighted by Gasteiger charge is -2.05. The van der Waals surface area contributed by atoms with Gasteiger partial charge in [0, 0.05) is 0 Å². The van der Waals surface area contributed by atoms with Gasteiger partial charge in [-0.3, -0.25) is 0 Å². The average Bonchev–Trinajstić information content (AvgIpc) is 1.89. The van der Waals surface area contributed by atoms with E-state index in [2.05, 4.69) is 13.5 Å². The van der Waals surface area contributed by atoms with Crippen LogP contribution < -0.4 is 0 Å². The van der Waals surface area contributed by atoms with E-state index < -0.39 is 0 Å². The number of ether oxygens (including phenoxy) is 1. The van der Waals surface area contributed by atoms with Crippen molar-refractivity contribution in [2.75, 3.05) is 6.61 Å². The van der Waals surface area contributed by atoms with Crippen LogP contribution in [0.1, 0.15) is 27.2 Å². The second-order valence-electron chi connectivity index (χ2n) is 2.42. The lowest BCUT2D eigenvalue weighted by atomic mass is 10.3. The normalized spacial score (nSPS) is 8.70. The summed E-state index contributed by atoms with van der Waals surface area (Å²) in [6, 6.07) is 0. The molecular weight excluding hydrogens is 124 g/mol.